The van der Waals surface area contributed by atoms with Gasteiger partial charge in [-0.1, -0.05) is 18.2 Å². The first-order valence-corrected chi connectivity index (χ1v) is 7.74. The van der Waals surface area contributed by atoms with Crippen LogP contribution in [0.1, 0.15) is 33.3 Å². The summed E-state index contributed by atoms with van der Waals surface area (Å²) in [4.78, 5) is 14.5. The largest absolute Gasteiger partial charge is 0.491 e. The molecule has 0 aromatic heterocycles. The molecule has 116 valence electrons. The molecule has 1 aliphatic heterocycles. The highest BCUT2D eigenvalue weighted by atomic mass is 16.5. The summed E-state index contributed by atoms with van der Waals surface area (Å²) in [6.07, 6.45) is 0.517. The van der Waals surface area contributed by atoms with Gasteiger partial charge in [0.1, 0.15) is 5.75 Å². The Morgan fingerprint density at radius 3 is 2.52 bits per heavy atom. The Morgan fingerprint density at radius 1 is 1.29 bits per heavy atom. The van der Waals surface area contributed by atoms with Crippen LogP contribution in [-0.2, 0) is 11.2 Å². The van der Waals surface area contributed by atoms with Crippen molar-refractivity contribution >= 4 is 5.91 Å². The SMILES string of the molecule is CC(C)Oc1ccccc1CC(=O)N1C[C@@H](C)N[C@H](C)C1. The highest BCUT2D eigenvalue weighted by molar-refractivity contribution is 5.79. The van der Waals surface area contributed by atoms with E-state index in [1.54, 1.807) is 0 Å². The van der Waals surface area contributed by atoms with Gasteiger partial charge in [0.15, 0.2) is 0 Å². The lowest BCUT2D eigenvalue weighted by atomic mass is 10.1. The molecule has 1 fully saturated rings. The molecule has 0 aliphatic carbocycles. The fourth-order valence-electron chi connectivity index (χ4n) is 2.82. The number of carbonyl (C=O) groups is 1. The van der Waals surface area contributed by atoms with Gasteiger partial charge in [-0.15, -0.1) is 0 Å². The molecule has 0 saturated carbocycles. The van der Waals surface area contributed by atoms with E-state index in [1.165, 1.54) is 0 Å². The van der Waals surface area contributed by atoms with Gasteiger partial charge in [0.2, 0.25) is 5.91 Å². The van der Waals surface area contributed by atoms with E-state index >= 15 is 0 Å². The highest BCUT2D eigenvalue weighted by Crippen LogP contribution is 2.21. The third kappa shape index (κ3) is 4.46. The second kappa shape index (κ2) is 6.94. The Hall–Kier alpha value is -1.55. The van der Waals surface area contributed by atoms with Gasteiger partial charge in [-0.05, 0) is 33.8 Å². The van der Waals surface area contributed by atoms with Crippen molar-refractivity contribution in [3.8, 4) is 5.75 Å². The van der Waals surface area contributed by atoms with E-state index in [1.807, 2.05) is 43.0 Å². The Bertz CT molecular complexity index is 477. The van der Waals surface area contributed by atoms with Crippen molar-refractivity contribution in [2.75, 3.05) is 13.1 Å². The van der Waals surface area contributed by atoms with E-state index in [9.17, 15) is 4.79 Å². The Balaban J connectivity index is 2.05. The Labute approximate surface area is 127 Å². The minimum atomic E-state index is 0.112. The smallest absolute Gasteiger partial charge is 0.227 e. The van der Waals surface area contributed by atoms with Crippen LogP contribution in [0.2, 0.25) is 0 Å². The number of para-hydroxylation sites is 1. The van der Waals surface area contributed by atoms with Crippen molar-refractivity contribution in [1.82, 2.24) is 10.2 Å². The molecule has 1 aromatic carbocycles. The summed E-state index contributed by atoms with van der Waals surface area (Å²) >= 11 is 0. The summed E-state index contributed by atoms with van der Waals surface area (Å²) in [5, 5.41) is 3.45. The molecular formula is C17H26N2O2. The number of carbonyl (C=O) groups excluding carboxylic acids is 1. The first kappa shape index (κ1) is 15.8. The minimum Gasteiger partial charge on any atom is -0.491 e. The number of amides is 1. The maximum absolute atomic E-state index is 12.5. The predicted octanol–water partition coefficient (Wildman–Crippen LogP) is 2.23. The van der Waals surface area contributed by atoms with Crippen molar-refractivity contribution in [3.05, 3.63) is 29.8 Å². The zero-order valence-corrected chi connectivity index (χ0v) is 13.4. The van der Waals surface area contributed by atoms with Crippen LogP contribution < -0.4 is 10.1 Å². The van der Waals surface area contributed by atoms with Crippen LogP contribution in [0, 0.1) is 0 Å². The minimum absolute atomic E-state index is 0.112. The molecule has 2 atom stereocenters. The summed E-state index contributed by atoms with van der Waals surface area (Å²) in [7, 11) is 0. The number of hydrogen-bond acceptors (Lipinski definition) is 3. The molecule has 1 N–H and O–H groups in total. The normalized spacial score (nSPS) is 22.4. The summed E-state index contributed by atoms with van der Waals surface area (Å²) in [6, 6.07) is 8.51. The van der Waals surface area contributed by atoms with Crippen LogP contribution in [0.15, 0.2) is 24.3 Å². The van der Waals surface area contributed by atoms with E-state index in [0.717, 1.165) is 24.4 Å². The van der Waals surface area contributed by atoms with Crippen molar-refractivity contribution in [2.45, 2.75) is 52.3 Å². The van der Waals surface area contributed by atoms with Crippen molar-refractivity contribution in [1.29, 1.82) is 0 Å². The second-order valence-electron chi connectivity index (χ2n) is 6.22. The van der Waals surface area contributed by atoms with Gasteiger partial charge in [0, 0.05) is 30.7 Å². The molecule has 0 bridgehead atoms. The van der Waals surface area contributed by atoms with Crippen LogP contribution in [-0.4, -0.2) is 42.1 Å². The van der Waals surface area contributed by atoms with Crippen LogP contribution in [0.3, 0.4) is 0 Å². The van der Waals surface area contributed by atoms with E-state index in [-0.39, 0.29) is 12.0 Å². The maximum atomic E-state index is 12.5. The van der Waals surface area contributed by atoms with Crippen molar-refractivity contribution in [2.24, 2.45) is 0 Å². The summed E-state index contributed by atoms with van der Waals surface area (Å²) in [6.45, 7) is 9.78. The molecular weight excluding hydrogens is 264 g/mol. The van der Waals surface area contributed by atoms with Gasteiger partial charge < -0.3 is 15.0 Å². The van der Waals surface area contributed by atoms with Crippen molar-refractivity contribution < 1.29 is 9.53 Å². The zero-order chi connectivity index (χ0) is 15.4. The number of benzene rings is 1. The van der Waals surface area contributed by atoms with E-state index in [2.05, 4.69) is 19.2 Å². The van der Waals surface area contributed by atoms with Crippen molar-refractivity contribution in [3.63, 3.8) is 0 Å². The monoisotopic (exact) mass is 290 g/mol. The second-order valence-corrected chi connectivity index (χ2v) is 6.22. The Morgan fingerprint density at radius 2 is 1.90 bits per heavy atom. The fraction of sp³-hybridized carbons (Fsp3) is 0.588. The standard InChI is InChI=1S/C17H26N2O2/c1-12(2)21-16-8-6-5-7-15(16)9-17(20)19-10-13(3)18-14(4)11-19/h5-8,12-14,18H,9-11H2,1-4H3/t13-,14-/m1/s1. The molecule has 1 aromatic rings. The van der Waals surface area contributed by atoms with Crippen LogP contribution >= 0.6 is 0 Å². The first-order chi connectivity index (χ1) is 9.95. The van der Waals surface area contributed by atoms with Gasteiger partial charge in [-0.25, -0.2) is 0 Å². The summed E-state index contributed by atoms with van der Waals surface area (Å²) < 4.78 is 5.79. The lowest BCUT2D eigenvalue weighted by molar-refractivity contribution is -0.132. The quantitative estimate of drug-likeness (QED) is 0.924. The number of nitrogens with one attached hydrogen (secondary N) is 1. The third-order valence-corrected chi connectivity index (χ3v) is 3.59. The molecule has 0 radical (unpaired) electrons. The molecule has 0 unspecified atom stereocenters. The molecule has 0 spiro atoms. The average Bonchev–Trinajstić information content (AvgIpc) is 2.39. The molecule has 4 heteroatoms. The fourth-order valence-corrected chi connectivity index (χ4v) is 2.82. The van der Waals surface area contributed by atoms with Gasteiger partial charge >= 0.3 is 0 Å². The van der Waals surface area contributed by atoms with Gasteiger partial charge in [0.25, 0.3) is 0 Å². The number of rotatable bonds is 4. The third-order valence-electron chi connectivity index (χ3n) is 3.59. The lowest BCUT2D eigenvalue weighted by Crippen LogP contribution is -2.56. The summed E-state index contributed by atoms with van der Waals surface area (Å²) in [5.41, 5.74) is 0.968. The number of hydrogen-bond donors (Lipinski definition) is 1. The average molecular weight is 290 g/mol. The van der Waals surface area contributed by atoms with E-state index < -0.39 is 0 Å². The van der Waals surface area contributed by atoms with Crippen LogP contribution in [0.25, 0.3) is 0 Å². The number of nitrogens with zero attached hydrogens (tertiary/aromatic N) is 1. The molecule has 1 saturated heterocycles. The molecule has 21 heavy (non-hydrogen) atoms. The number of piperazine rings is 1. The molecule has 1 amide bonds. The topological polar surface area (TPSA) is 41.6 Å². The van der Waals surface area contributed by atoms with Gasteiger partial charge in [0.05, 0.1) is 12.5 Å². The van der Waals surface area contributed by atoms with Crippen LogP contribution in [0.4, 0.5) is 0 Å². The first-order valence-electron chi connectivity index (χ1n) is 7.74. The summed E-state index contributed by atoms with van der Waals surface area (Å²) in [5.74, 6) is 0.993. The zero-order valence-electron chi connectivity index (χ0n) is 13.4. The predicted molar refractivity (Wildman–Crippen MR) is 84.5 cm³/mol. The number of ether oxygens (including phenoxy) is 1. The lowest BCUT2D eigenvalue weighted by Gasteiger charge is -2.36. The molecule has 1 heterocycles. The van der Waals surface area contributed by atoms with E-state index in [0.29, 0.717) is 18.5 Å². The molecule has 1 aliphatic rings. The Kier molecular flexibility index (Phi) is 5.23. The maximum Gasteiger partial charge on any atom is 0.227 e. The van der Waals surface area contributed by atoms with Crippen LogP contribution in [0.5, 0.6) is 5.75 Å². The van der Waals surface area contributed by atoms with Gasteiger partial charge in [-0.3, -0.25) is 4.79 Å². The van der Waals surface area contributed by atoms with Gasteiger partial charge in [-0.2, -0.15) is 0 Å². The van der Waals surface area contributed by atoms with E-state index in [4.69, 9.17) is 4.74 Å². The molecule has 2 rings (SSSR count). The highest BCUT2D eigenvalue weighted by Gasteiger charge is 2.25. The molecule has 4 nitrogen and oxygen atoms in total.